The monoisotopic (exact) mass is 335 g/mol. The van der Waals surface area contributed by atoms with Crippen molar-refractivity contribution in [3.05, 3.63) is 46.9 Å². The van der Waals surface area contributed by atoms with Crippen molar-refractivity contribution < 1.29 is 4.79 Å². The van der Waals surface area contributed by atoms with E-state index in [1.807, 2.05) is 6.92 Å². The molecule has 0 bridgehead atoms. The van der Waals surface area contributed by atoms with Gasteiger partial charge in [0.15, 0.2) is 0 Å². The Morgan fingerprint density at radius 3 is 2.84 bits per heavy atom. The second kappa shape index (κ2) is 8.80. The average molecular weight is 336 g/mol. The van der Waals surface area contributed by atoms with Crippen LogP contribution in [0.5, 0.6) is 0 Å². The third-order valence-corrected chi connectivity index (χ3v) is 5.06. The second-order valence-electron chi connectivity index (χ2n) is 3.79. The fourth-order valence-electron chi connectivity index (χ4n) is 1.27. The minimum atomic E-state index is -0.615. The summed E-state index contributed by atoms with van der Waals surface area (Å²) in [4.78, 5) is 12.3. The van der Waals surface area contributed by atoms with Gasteiger partial charge in [0.2, 0.25) is 0 Å². The molecule has 1 aromatic carbocycles. The molecule has 6 heteroatoms. The molecule has 0 aliphatic rings. The Hall–Kier alpha value is -0.290. The van der Waals surface area contributed by atoms with Crippen LogP contribution in [0.1, 0.15) is 27.7 Å². The first-order chi connectivity index (χ1) is 9.00. The lowest BCUT2D eigenvalue weighted by atomic mass is 10.1. The molecule has 2 nitrogen and oxygen atoms in total. The van der Waals surface area contributed by atoms with E-state index in [1.165, 1.54) is 0 Å². The van der Waals surface area contributed by atoms with Crippen LogP contribution in [0.25, 0.3) is 0 Å². The van der Waals surface area contributed by atoms with E-state index in [2.05, 4.69) is 11.9 Å². The number of alkyl halides is 2. The van der Waals surface area contributed by atoms with Gasteiger partial charge in [-0.2, -0.15) is 0 Å². The Bertz CT molecular complexity index is 452. The highest BCUT2D eigenvalue weighted by Crippen LogP contribution is 2.27. The van der Waals surface area contributed by atoms with Crippen LogP contribution < -0.4 is 5.32 Å². The first-order valence-corrected chi connectivity index (χ1v) is 8.81. The number of carbonyl (C=O) groups is 1. The number of halogens is 2. The van der Waals surface area contributed by atoms with Crippen molar-refractivity contribution in [3.63, 3.8) is 0 Å². The van der Waals surface area contributed by atoms with Gasteiger partial charge >= 0.3 is 0 Å². The molecule has 0 heterocycles. The van der Waals surface area contributed by atoms with Gasteiger partial charge in [0.1, 0.15) is 4.84 Å². The normalized spacial score (nSPS) is 10.5. The predicted octanol–water partition coefficient (Wildman–Crippen LogP) is 4.81. The summed E-state index contributed by atoms with van der Waals surface area (Å²) in [5.74, 6) is 0.716. The minimum Gasteiger partial charge on any atom is -0.351 e. The molecule has 0 spiro atoms. The summed E-state index contributed by atoms with van der Waals surface area (Å²) < 4.78 is 0. The van der Waals surface area contributed by atoms with Crippen LogP contribution >= 0.6 is 44.8 Å². The maximum Gasteiger partial charge on any atom is 0.251 e. The SMILES string of the molecule is C=C(C)SSCCNC(=O)c1cccc(C(Cl)Cl)c1. The predicted molar refractivity (Wildman–Crippen MR) is 88.1 cm³/mol. The molecule has 0 radical (unpaired) electrons. The van der Waals surface area contributed by atoms with Crippen molar-refractivity contribution in [2.75, 3.05) is 12.3 Å². The van der Waals surface area contributed by atoms with Gasteiger partial charge in [-0.15, -0.1) is 23.2 Å². The Morgan fingerprint density at radius 1 is 1.47 bits per heavy atom. The molecular weight excluding hydrogens is 321 g/mol. The number of rotatable bonds is 7. The number of hydrogen-bond acceptors (Lipinski definition) is 3. The van der Waals surface area contributed by atoms with Crippen LogP contribution in [0.2, 0.25) is 0 Å². The van der Waals surface area contributed by atoms with Gasteiger partial charge in [-0.25, -0.2) is 0 Å². The molecule has 0 aliphatic heterocycles. The third kappa shape index (κ3) is 6.61. The van der Waals surface area contributed by atoms with Crippen molar-refractivity contribution in [1.82, 2.24) is 5.32 Å². The molecule has 1 rings (SSSR count). The summed E-state index contributed by atoms with van der Waals surface area (Å²) in [7, 11) is 3.29. The summed E-state index contributed by atoms with van der Waals surface area (Å²) >= 11 is 11.5. The van der Waals surface area contributed by atoms with Crippen LogP contribution in [-0.2, 0) is 0 Å². The van der Waals surface area contributed by atoms with E-state index in [-0.39, 0.29) is 5.91 Å². The Labute approximate surface area is 131 Å². The summed E-state index contributed by atoms with van der Waals surface area (Å²) in [5.41, 5.74) is 1.30. The third-order valence-electron chi connectivity index (χ3n) is 2.07. The van der Waals surface area contributed by atoms with Crippen molar-refractivity contribution >= 4 is 50.7 Å². The zero-order valence-electron chi connectivity index (χ0n) is 10.5. The van der Waals surface area contributed by atoms with Gasteiger partial charge in [-0.05, 0) is 29.5 Å². The number of benzene rings is 1. The lowest BCUT2D eigenvalue weighted by Gasteiger charge is -2.07. The average Bonchev–Trinajstić information content (AvgIpc) is 2.37. The molecule has 0 saturated carbocycles. The van der Waals surface area contributed by atoms with Crippen LogP contribution in [0.3, 0.4) is 0 Å². The maximum absolute atomic E-state index is 11.9. The molecule has 0 atom stereocenters. The van der Waals surface area contributed by atoms with Crippen molar-refractivity contribution in [3.8, 4) is 0 Å². The van der Waals surface area contributed by atoms with Gasteiger partial charge in [0, 0.05) is 17.9 Å². The van der Waals surface area contributed by atoms with Crippen LogP contribution in [-0.4, -0.2) is 18.2 Å². The minimum absolute atomic E-state index is 0.114. The molecule has 19 heavy (non-hydrogen) atoms. The number of hydrogen-bond donors (Lipinski definition) is 1. The number of carbonyl (C=O) groups excluding carboxylic acids is 1. The smallest absolute Gasteiger partial charge is 0.251 e. The van der Waals surface area contributed by atoms with E-state index in [0.29, 0.717) is 12.1 Å². The molecule has 1 amide bonds. The van der Waals surface area contributed by atoms with Gasteiger partial charge in [0.25, 0.3) is 5.91 Å². The van der Waals surface area contributed by atoms with E-state index in [0.717, 1.165) is 16.2 Å². The molecular formula is C13H15Cl2NOS2. The Balaban J connectivity index is 2.41. The van der Waals surface area contributed by atoms with E-state index < -0.39 is 4.84 Å². The van der Waals surface area contributed by atoms with Gasteiger partial charge in [-0.1, -0.05) is 40.3 Å². The van der Waals surface area contributed by atoms with Crippen LogP contribution in [0, 0.1) is 0 Å². The quantitative estimate of drug-likeness (QED) is 0.440. The fourth-order valence-corrected chi connectivity index (χ4v) is 3.11. The topological polar surface area (TPSA) is 29.1 Å². The highest BCUT2D eigenvalue weighted by atomic mass is 35.5. The zero-order chi connectivity index (χ0) is 14.3. The van der Waals surface area contributed by atoms with Gasteiger partial charge in [-0.3, -0.25) is 4.79 Å². The summed E-state index contributed by atoms with van der Waals surface area (Å²) in [6.07, 6.45) is 0. The first kappa shape index (κ1) is 16.8. The van der Waals surface area contributed by atoms with E-state index in [1.54, 1.807) is 45.9 Å². The highest BCUT2D eigenvalue weighted by Gasteiger charge is 2.08. The van der Waals surface area contributed by atoms with E-state index >= 15 is 0 Å². The Kier molecular flexibility index (Phi) is 7.76. The number of amides is 1. The molecule has 104 valence electrons. The Morgan fingerprint density at radius 2 is 2.21 bits per heavy atom. The first-order valence-electron chi connectivity index (χ1n) is 5.62. The zero-order valence-corrected chi connectivity index (χ0v) is 13.6. The molecule has 1 aromatic rings. The summed E-state index contributed by atoms with van der Waals surface area (Å²) in [5, 5.41) is 2.85. The van der Waals surface area contributed by atoms with Gasteiger partial charge in [0.05, 0.1) is 0 Å². The standard InChI is InChI=1S/C13H15Cl2NOS2/c1-9(2)19-18-7-6-16-13(17)11-5-3-4-10(8-11)12(14)15/h3-5,8,12H,1,6-7H2,2H3,(H,16,17). The molecule has 1 N–H and O–H groups in total. The lowest BCUT2D eigenvalue weighted by Crippen LogP contribution is -2.25. The molecule has 0 aliphatic carbocycles. The highest BCUT2D eigenvalue weighted by molar-refractivity contribution is 8.78. The largest absolute Gasteiger partial charge is 0.351 e. The fraction of sp³-hybridized carbons (Fsp3) is 0.308. The summed E-state index contributed by atoms with van der Waals surface area (Å²) in [6.45, 7) is 6.36. The van der Waals surface area contributed by atoms with Crippen molar-refractivity contribution in [1.29, 1.82) is 0 Å². The number of allylic oxidation sites excluding steroid dienone is 1. The molecule has 0 saturated heterocycles. The molecule has 0 unspecified atom stereocenters. The van der Waals surface area contributed by atoms with Crippen LogP contribution in [0.4, 0.5) is 0 Å². The van der Waals surface area contributed by atoms with E-state index in [4.69, 9.17) is 23.2 Å². The van der Waals surface area contributed by atoms with Crippen LogP contribution in [0.15, 0.2) is 35.7 Å². The second-order valence-corrected chi connectivity index (χ2v) is 7.60. The van der Waals surface area contributed by atoms with Crippen molar-refractivity contribution in [2.24, 2.45) is 0 Å². The lowest BCUT2D eigenvalue weighted by molar-refractivity contribution is 0.0956. The van der Waals surface area contributed by atoms with Gasteiger partial charge < -0.3 is 5.32 Å². The molecule has 0 aromatic heterocycles. The summed E-state index contributed by atoms with van der Waals surface area (Å²) in [6, 6.07) is 7.01. The van der Waals surface area contributed by atoms with Crippen molar-refractivity contribution in [2.45, 2.75) is 11.8 Å². The maximum atomic E-state index is 11.9. The molecule has 0 fully saturated rings. The van der Waals surface area contributed by atoms with E-state index in [9.17, 15) is 4.79 Å². The number of nitrogens with one attached hydrogen (secondary N) is 1.